The number of hydrogen-bond acceptors (Lipinski definition) is 7. The first-order chi connectivity index (χ1) is 28.4. The maximum absolute atomic E-state index is 14.8. The zero-order valence-electron chi connectivity index (χ0n) is 33.8. The summed E-state index contributed by atoms with van der Waals surface area (Å²) in [4.78, 5) is 43.0. The number of unbranched alkanes of at least 4 members (excludes halogenated alkanes) is 1. The first-order valence-corrected chi connectivity index (χ1v) is 20.5. The molecular weight excluding hydrogens is 731 g/mol. The van der Waals surface area contributed by atoms with Gasteiger partial charge in [0.15, 0.2) is 6.29 Å². The summed E-state index contributed by atoms with van der Waals surface area (Å²) in [5.74, 6) is 0.0101. The molecule has 0 bridgehead atoms. The number of rotatable bonds is 21. The molecule has 0 radical (unpaired) electrons. The van der Waals surface area contributed by atoms with Crippen LogP contribution < -0.4 is 15.4 Å². The van der Waals surface area contributed by atoms with Crippen molar-refractivity contribution in [3.8, 4) is 16.9 Å². The minimum Gasteiger partial charge on any atom is -0.494 e. The van der Waals surface area contributed by atoms with E-state index in [9.17, 15) is 14.4 Å². The lowest BCUT2D eigenvalue weighted by atomic mass is 9.98. The number of alkyl carbamates (subject to hydrolysis) is 1. The molecule has 0 aliphatic heterocycles. The quantitative estimate of drug-likeness (QED) is 0.0567. The van der Waals surface area contributed by atoms with Crippen molar-refractivity contribution in [3.05, 3.63) is 138 Å². The van der Waals surface area contributed by atoms with E-state index < -0.39 is 18.4 Å². The normalized spacial score (nSPS) is 12.5. The Labute approximate surface area is 341 Å². The highest BCUT2D eigenvalue weighted by atomic mass is 16.7. The van der Waals surface area contributed by atoms with E-state index in [-0.39, 0.29) is 56.8 Å². The van der Waals surface area contributed by atoms with Crippen LogP contribution in [0.15, 0.2) is 115 Å². The van der Waals surface area contributed by atoms with E-state index in [1.54, 1.807) is 4.90 Å². The average molecular weight is 786 g/mol. The summed E-state index contributed by atoms with van der Waals surface area (Å²) in [5, 5.41) is 7.82. The van der Waals surface area contributed by atoms with Crippen LogP contribution in [0.3, 0.4) is 0 Å². The van der Waals surface area contributed by atoms with Crippen molar-refractivity contribution in [3.63, 3.8) is 0 Å². The third-order valence-corrected chi connectivity index (χ3v) is 10.4. The predicted molar refractivity (Wildman–Crippen MR) is 227 cm³/mol. The van der Waals surface area contributed by atoms with E-state index in [0.29, 0.717) is 19.8 Å². The molecule has 1 atom stereocenters. The molecule has 5 aromatic rings. The number of benzene rings is 5. The summed E-state index contributed by atoms with van der Waals surface area (Å²) in [6.45, 7) is 7.96. The number of carbonyl (C=O) groups excluding carboxylic acids is 3. The first kappa shape index (κ1) is 41.9. The van der Waals surface area contributed by atoms with Crippen LogP contribution in [0.4, 0.5) is 4.79 Å². The molecule has 2 N–H and O–H groups in total. The molecule has 10 nitrogen and oxygen atoms in total. The van der Waals surface area contributed by atoms with Gasteiger partial charge in [0.25, 0.3) is 0 Å². The lowest BCUT2D eigenvalue weighted by Gasteiger charge is -2.31. The van der Waals surface area contributed by atoms with Crippen molar-refractivity contribution in [1.29, 1.82) is 0 Å². The highest BCUT2D eigenvalue weighted by Crippen LogP contribution is 2.44. The Kier molecular flexibility index (Phi) is 15.3. The molecule has 304 valence electrons. The molecule has 10 heteroatoms. The summed E-state index contributed by atoms with van der Waals surface area (Å²) in [6, 6.07) is 37.1. The second-order valence-electron chi connectivity index (χ2n) is 14.4. The fourth-order valence-electron chi connectivity index (χ4n) is 7.48. The van der Waals surface area contributed by atoms with E-state index in [4.69, 9.17) is 18.9 Å². The third kappa shape index (κ3) is 11.0. The van der Waals surface area contributed by atoms with Crippen molar-refractivity contribution in [2.24, 2.45) is 0 Å². The summed E-state index contributed by atoms with van der Waals surface area (Å²) in [7, 11) is 0. The van der Waals surface area contributed by atoms with Crippen LogP contribution in [-0.2, 0) is 36.8 Å². The molecule has 6 rings (SSSR count). The molecule has 0 heterocycles. The maximum Gasteiger partial charge on any atom is 0.407 e. The van der Waals surface area contributed by atoms with Gasteiger partial charge in [-0.2, -0.15) is 0 Å². The molecule has 58 heavy (non-hydrogen) atoms. The molecule has 5 aromatic carbocycles. The van der Waals surface area contributed by atoms with E-state index in [2.05, 4.69) is 41.8 Å². The minimum absolute atomic E-state index is 0.0314. The number of carbonyl (C=O) groups is 3. The van der Waals surface area contributed by atoms with Gasteiger partial charge in [-0.3, -0.25) is 9.59 Å². The van der Waals surface area contributed by atoms with Gasteiger partial charge >= 0.3 is 6.09 Å². The Balaban J connectivity index is 1.15. The van der Waals surface area contributed by atoms with Crippen LogP contribution in [0.5, 0.6) is 5.75 Å². The first-order valence-electron chi connectivity index (χ1n) is 20.5. The number of amides is 3. The van der Waals surface area contributed by atoms with Crippen molar-refractivity contribution in [2.45, 2.75) is 71.2 Å². The summed E-state index contributed by atoms with van der Waals surface area (Å²) in [6.07, 6.45) is 0.902. The summed E-state index contributed by atoms with van der Waals surface area (Å²) >= 11 is 0. The minimum atomic E-state index is -0.923. The van der Waals surface area contributed by atoms with Crippen molar-refractivity contribution < 1.29 is 33.3 Å². The van der Waals surface area contributed by atoms with E-state index in [0.717, 1.165) is 62.7 Å². The van der Waals surface area contributed by atoms with Crippen LogP contribution >= 0.6 is 0 Å². The highest BCUT2D eigenvalue weighted by molar-refractivity contribution is 5.89. The highest BCUT2D eigenvalue weighted by Gasteiger charge is 2.31. The van der Waals surface area contributed by atoms with Gasteiger partial charge in [-0.15, -0.1) is 0 Å². The molecule has 0 spiro atoms. The molecular formula is C48H55N3O7. The molecule has 0 saturated heterocycles. The Morgan fingerprint density at radius 1 is 0.759 bits per heavy atom. The predicted octanol–water partition coefficient (Wildman–Crippen LogP) is 8.40. The van der Waals surface area contributed by atoms with Crippen molar-refractivity contribution in [2.75, 3.05) is 39.5 Å². The fourth-order valence-corrected chi connectivity index (χ4v) is 7.48. The number of ether oxygens (including phenoxy) is 4. The average Bonchev–Trinajstić information content (AvgIpc) is 3.56. The number of fused-ring (bicyclic) bond motifs is 4. The maximum atomic E-state index is 14.8. The molecule has 0 saturated carbocycles. The van der Waals surface area contributed by atoms with Gasteiger partial charge in [-0.05, 0) is 76.6 Å². The van der Waals surface area contributed by atoms with Crippen molar-refractivity contribution in [1.82, 2.24) is 15.5 Å². The second kappa shape index (κ2) is 21.2. The van der Waals surface area contributed by atoms with Gasteiger partial charge in [-0.25, -0.2) is 4.79 Å². The van der Waals surface area contributed by atoms with E-state index >= 15 is 0 Å². The third-order valence-electron chi connectivity index (χ3n) is 10.4. The lowest BCUT2D eigenvalue weighted by molar-refractivity contribution is -0.161. The zero-order chi connectivity index (χ0) is 40.7. The standard InChI is InChI=1S/C48H55N3O7/c1-4-7-29-57-37-25-23-34(24-26-37)30-44(47(53)51(32-46(55-5-2)56-6-3)31-36-17-14-16-35-15-8-9-18-38(35)36)50-45(52)27-28-49-48(54)58-33-43-41-21-12-10-19-39(41)40-20-11-13-22-42(40)43/h8-26,43-44,46H,4-7,27-33H2,1-3H3,(H,49,54)(H,50,52)/t44-/m0/s1. The number of nitrogens with one attached hydrogen (secondary N) is 2. The SMILES string of the molecule is CCCCOc1ccc(C[C@H](NC(=O)CCNC(=O)OCC2c3ccccc3-c3ccccc32)C(=O)N(Cc2cccc3ccccc23)CC(OCC)OCC)cc1. The summed E-state index contributed by atoms with van der Waals surface area (Å²) < 4.78 is 23.4. The van der Waals surface area contributed by atoms with Crippen LogP contribution in [0.1, 0.15) is 68.2 Å². The summed E-state index contributed by atoms with van der Waals surface area (Å²) in [5.41, 5.74) is 6.35. The van der Waals surface area contributed by atoms with Crippen LogP contribution in [-0.4, -0.2) is 74.7 Å². The molecule has 0 aromatic heterocycles. The van der Waals surface area contributed by atoms with E-state index in [1.165, 1.54) is 0 Å². The number of nitrogens with zero attached hydrogens (tertiary/aromatic N) is 1. The molecule has 0 fully saturated rings. The van der Waals surface area contributed by atoms with Crippen LogP contribution in [0.25, 0.3) is 21.9 Å². The Morgan fingerprint density at radius 3 is 2.10 bits per heavy atom. The van der Waals surface area contributed by atoms with Gasteiger partial charge in [0.2, 0.25) is 11.8 Å². The van der Waals surface area contributed by atoms with Gasteiger partial charge in [0, 0.05) is 45.1 Å². The lowest BCUT2D eigenvalue weighted by Crippen LogP contribution is -2.52. The molecule has 3 amide bonds. The largest absolute Gasteiger partial charge is 0.494 e. The smallest absolute Gasteiger partial charge is 0.407 e. The van der Waals surface area contributed by atoms with Crippen LogP contribution in [0.2, 0.25) is 0 Å². The van der Waals surface area contributed by atoms with Gasteiger partial charge < -0.3 is 34.5 Å². The Morgan fingerprint density at radius 2 is 1.41 bits per heavy atom. The number of hydrogen-bond donors (Lipinski definition) is 2. The van der Waals surface area contributed by atoms with Crippen molar-refractivity contribution >= 4 is 28.7 Å². The Hall–Kier alpha value is -5.71. The second-order valence-corrected chi connectivity index (χ2v) is 14.4. The molecule has 1 aliphatic carbocycles. The molecule has 1 aliphatic rings. The fraction of sp³-hybridized carbons (Fsp3) is 0.354. The van der Waals surface area contributed by atoms with Gasteiger partial charge in [0.1, 0.15) is 18.4 Å². The van der Waals surface area contributed by atoms with E-state index in [1.807, 2.05) is 105 Å². The monoisotopic (exact) mass is 785 g/mol. The Bertz CT molecular complexity index is 2060. The topological polar surface area (TPSA) is 115 Å². The molecule has 0 unspecified atom stereocenters. The van der Waals surface area contributed by atoms with Gasteiger partial charge in [-0.1, -0.05) is 116 Å². The van der Waals surface area contributed by atoms with Crippen LogP contribution in [0, 0.1) is 0 Å². The zero-order valence-corrected chi connectivity index (χ0v) is 33.8. The van der Waals surface area contributed by atoms with Gasteiger partial charge in [0.05, 0.1) is 13.2 Å².